The molecule has 3 aromatic carbocycles. The summed E-state index contributed by atoms with van der Waals surface area (Å²) in [6.07, 6.45) is -0.681. The van der Waals surface area contributed by atoms with Crippen molar-refractivity contribution < 1.29 is 34.1 Å². The predicted octanol–water partition coefficient (Wildman–Crippen LogP) is 2.46. The molecule has 0 saturated carbocycles. The summed E-state index contributed by atoms with van der Waals surface area (Å²) in [6, 6.07) is 17.6. The van der Waals surface area contributed by atoms with Gasteiger partial charge in [-0.3, -0.25) is 19.8 Å². The second-order valence-electron chi connectivity index (χ2n) is 8.76. The summed E-state index contributed by atoms with van der Waals surface area (Å²) in [5, 5.41) is 28.6. The van der Waals surface area contributed by atoms with E-state index in [0.29, 0.717) is 11.3 Å². The van der Waals surface area contributed by atoms with Crippen LogP contribution in [0, 0.1) is 5.41 Å². The number of rotatable bonds is 13. The van der Waals surface area contributed by atoms with Crippen LogP contribution in [0.2, 0.25) is 0 Å². The van der Waals surface area contributed by atoms with Gasteiger partial charge in [0, 0.05) is 35.2 Å². The lowest BCUT2D eigenvalue weighted by molar-refractivity contribution is -0.148. The van der Waals surface area contributed by atoms with Gasteiger partial charge in [-0.1, -0.05) is 36.4 Å². The quantitative estimate of drug-likeness (QED) is 0.0826. The van der Waals surface area contributed by atoms with Gasteiger partial charge < -0.3 is 31.7 Å². The number of carboxylic acid groups (broad SMARTS) is 2. The Balaban J connectivity index is 1.80. The predicted molar refractivity (Wildman–Crippen MR) is 144 cm³/mol. The average molecular weight is 533 g/mol. The number of hydrogen-bond acceptors (Lipinski definition) is 7. The largest absolute Gasteiger partial charge is 0.491 e. The second-order valence-corrected chi connectivity index (χ2v) is 8.76. The topological polar surface area (TPSA) is 206 Å². The van der Waals surface area contributed by atoms with Gasteiger partial charge in [0.25, 0.3) is 5.91 Å². The van der Waals surface area contributed by atoms with Crippen molar-refractivity contribution in [3.8, 4) is 16.9 Å². The Hall–Kier alpha value is -5.19. The SMILES string of the molecule is N=C(N)c1ccc(CC(=O)C(=O)O)c(OCC(CCC(=O)O)NC(=O)c2cccc(-c3ccc(N)cc3)c2)c1. The summed E-state index contributed by atoms with van der Waals surface area (Å²) in [7, 11) is 0. The van der Waals surface area contributed by atoms with E-state index in [4.69, 9.17) is 26.7 Å². The highest BCUT2D eigenvalue weighted by Crippen LogP contribution is 2.23. The molecule has 0 heterocycles. The van der Waals surface area contributed by atoms with Crippen molar-refractivity contribution in [2.24, 2.45) is 5.73 Å². The molecule has 0 saturated heterocycles. The number of amidine groups is 1. The smallest absolute Gasteiger partial charge is 0.372 e. The fourth-order valence-corrected chi connectivity index (χ4v) is 3.72. The van der Waals surface area contributed by atoms with Crippen LogP contribution >= 0.6 is 0 Å². The van der Waals surface area contributed by atoms with Crippen LogP contribution in [0.5, 0.6) is 5.75 Å². The fourth-order valence-electron chi connectivity index (χ4n) is 3.72. The Morgan fingerprint density at radius 2 is 1.64 bits per heavy atom. The first kappa shape index (κ1) is 28.4. The summed E-state index contributed by atoms with van der Waals surface area (Å²) in [6.45, 7) is -0.188. The zero-order chi connectivity index (χ0) is 28.5. The van der Waals surface area contributed by atoms with Crippen LogP contribution in [0.4, 0.5) is 5.69 Å². The molecule has 1 atom stereocenters. The lowest BCUT2D eigenvalue weighted by Crippen LogP contribution is -2.39. The van der Waals surface area contributed by atoms with E-state index in [1.807, 2.05) is 18.2 Å². The van der Waals surface area contributed by atoms with Crippen molar-refractivity contribution in [1.82, 2.24) is 5.32 Å². The van der Waals surface area contributed by atoms with Crippen molar-refractivity contribution in [2.75, 3.05) is 12.3 Å². The Morgan fingerprint density at radius 3 is 2.28 bits per heavy atom. The van der Waals surface area contributed by atoms with Crippen LogP contribution in [0.1, 0.15) is 34.3 Å². The molecule has 0 aliphatic carbocycles. The third kappa shape index (κ3) is 8.15. The van der Waals surface area contributed by atoms with E-state index in [-0.39, 0.29) is 42.2 Å². The van der Waals surface area contributed by atoms with Crippen molar-refractivity contribution >= 4 is 35.2 Å². The second kappa shape index (κ2) is 12.9. The maximum absolute atomic E-state index is 13.1. The summed E-state index contributed by atoms with van der Waals surface area (Å²) >= 11 is 0. The van der Waals surface area contributed by atoms with Gasteiger partial charge in [0.05, 0.1) is 6.04 Å². The standard InChI is InChI=1S/C28H28N4O7/c29-21-8-6-16(7-9-21)17-2-1-3-20(12-17)27(36)32-22(10-11-25(34)35)15-39-24-14-19(26(30)31)5-4-18(24)13-23(33)28(37)38/h1-9,12,14,22H,10-11,13,15,29H2,(H3,30,31)(H,32,36)(H,34,35)(H,37,38). The van der Waals surface area contributed by atoms with Gasteiger partial charge in [0.15, 0.2) is 0 Å². The highest BCUT2D eigenvalue weighted by atomic mass is 16.5. The van der Waals surface area contributed by atoms with Crippen LogP contribution < -0.4 is 21.5 Å². The van der Waals surface area contributed by atoms with Crippen LogP contribution in [0.25, 0.3) is 11.1 Å². The third-order valence-electron chi connectivity index (χ3n) is 5.82. The van der Waals surface area contributed by atoms with E-state index in [1.54, 1.807) is 30.3 Å². The Kier molecular flexibility index (Phi) is 9.36. The number of carbonyl (C=O) groups excluding carboxylic acids is 2. The monoisotopic (exact) mass is 532 g/mol. The number of nitrogens with one attached hydrogen (secondary N) is 2. The summed E-state index contributed by atoms with van der Waals surface area (Å²) in [5.74, 6) is -4.36. The maximum atomic E-state index is 13.1. The summed E-state index contributed by atoms with van der Waals surface area (Å²) in [5.41, 5.74) is 14.4. The summed E-state index contributed by atoms with van der Waals surface area (Å²) in [4.78, 5) is 47.2. The molecular weight excluding hydrogens is 504 g/mol. The number of nitrogens with two attached hydrogens (primary N) is 2. The number of amides is 1. The highest BCUT2D eigenvalue weighted by molar-refractivity contribution is 6.33. The van der Waals surface area contributed by atoms with Crippen LogP contribution in [0.3, 0.4) is 0 Å². The number of carbonyl (C=O) groups is 4. The normalized spacial score (nSPS) is 11.3. The molecule has 3 aromatic rings. The van der Waals surface area contributed by atoms with E-state index in [0.717, 1.165) is 11.1 Å². The molecule has 0 aromatic heterocycles. The zero-order valence-electron chi connectivity index (χ0n) is 20.8. The first-order chi connectivity index (χ1) is 18.5. The number of ketones is 1. The van der Waals surface area contributed by atoms with Crippen molar-refractivity contribution in [1.29, 1.82) is 5.41 Å². The Morgan fingerprint density at radius 1 is 0.923 bits per heavy atom. The van der Waals surface area contributed by atoms with Gasteiger partial charge in [-0.25, -0.2) is 4.79 Å². The van der Waals surface area contributed by atoms with E-state index in [2.05, 4.69) is 5.32 Å². The third-order valence-corrected chi connectivity index (χ3v) is 5.82. The van der Waals surface area contributed by atoms with E-state index >= 15 is 0 Å². The Bertz CT molecular complexity index is 1400. The van der Waals surface area contributed by atoms with Gasteiger partial charge in [-0.05, 0) is 47.9 Å². The number of anilines is 1. The molecule has 0 aliphatic rings. The van der Waals surface area contributed by atoms with Gasteiger partial charge in [0.2, 0.25) is 5.78 Å². The molecule has 0 radical (unpaired) electrons. The maximum Gasteiger partial charge on any atom is 0.372 e. The minimum atomic E-state index is -1.61. The number of Topliss-reactive ketones (excluding diaryl/α,β-unsaturated/α-hetero) is 1. The minimum absolute atomic E-state index is 0.0362. The van der Waals surface area contributed by atoms with Crippen LogP contribution in [-0.4, -0.2) is 52.3 Å². The number of nitrogen functional groups attached to an aromatic ring is 2. The summed E-state index contributed by atoms with van der Waals surface area (Å²) < 4.78 is 5.83. The zero-order valence-corrected chi connectivity index (χ0v) is 20.8. The first-order valence-corrected chi connectivity index (χ1v) is 11.9. The van der Waals surface area contributed by atoms with Gasteiger partial charge in [0.1, 0.15) is 18.2 Å². The highest BCUT2D eigenvalue weighted by Gasteiger charge is 2.20. The molecule has 11 heteroatoms. The van der Waals surface area contributed by atoms with Crippen LogP contribution in [0.15, 0.2) is 66.7 Å². The van der Waals surface area contributed by atoms with Crippen LogP contribution in [-0.2, 0) is 20.8 Å². The molecule has 3 rings (SSSR count). The lowest BCUT2D eigenvalue weighted by Gasteiger charge is -2.20. The molecule has 1 unspecified atom stereocenters. The van der Waals surface area contributed by atoms with Gasteiger partial charge in [-0.2, -0.15) is 0 Å². The van der Waals surface area contributed by atoms with Gasteiger partial charge >= 0.3 is 11.9 Å². The molecule has 0 spiro atoms. The van der Waals surface area contributed by atoms with Crippen molar-refractivity contribution in [3.05, 3.63) is 83.4 Å². The molecule has 202 valence electrons. The number of benzene rings is 3. The molecular formula is C28H28N4O7. The number of hydrogen-bond donors (Lipinski definition) is 6. The first-order valence-electron chi connectivity index (χ1n) is 11.9. The molecule has 0 bridgehead atoms. The van der Waals surface area contributed by atoms with E-state index < -0.39 is 36.1 Å². The van der Waals surface area contributed by atoms with E-state index in [9.17, 15) is 24.3 Å². The Labute approximate surface area is 223 Å². The molecule has 0 fully saturated rings. The minimum Gasteiger partial charge on any atom is -0.491 e. The molecule has 1 amide bonds. The lowest BCUT2D eigenvalue weighted by atomic mass is 10.0. The fraction of sp³-hybridized carbons (Fsp3) is 0.179. The number of carboxylic acids is 2. The average Bonchev–Trinajstić information content (AvgIpc) is 2.90. The van der Waals surface area contributed by atoms with Gasteiger partial charge in [-0.15, -0.1) is 0 Å². The molecule has 11 nitrogen and oxygen atoms in total. The van der Waals surface area contributed by atoms with E-state index in [1.165, 1.54) is 18.2 Å². The molecule has 0 aliphatic heterocycles. The molecule has 39 heavy (non-hydrogen) atoms. The van der Waals surface area contributed by atoms with Crippen molar-refractivity contribution in [2.45, 2.75) is 25.3 Å². The number of ether oxygens (including phenoxy) is 1. The van der Waals surface area contributed by atoms with Crippen molar-refractivity contribution in [3.63, 3.8) is 0 Å². The number of aliphatic carboxylic acids is 2. The molecule has 8 N–H and O–H groups in total.